The molecule has 1 N–H and O–H groups in total. The van der Waals surface area contributed by atoms with Crippen LogP contribution < -0.4 is 14.8 Å². The Labute approximate surface area is 154 Å². The van der Waals surface area contributed by atoms with Crippen molar-refractivity contribution in [2.45, 2.75) is 32.2 Å². The summed E-state index contributed by atoms with van der Waals surface area (Å²) in [6.07, 6.45) is 2.97. The summed E-state index contributed by atoms with van der Waals surface area (Å²) in [6.45, 7) is 1.20. The van der Waals surface area contributed by atoms with Crippen molar-refractivity contribution in [3.8, 4) is 11.5 Å². The molecule has 0 saturated heterocycles. The second-order valence-corrected chi connectivity index (χ2v) is 8.88. The van der Waals surface area contributed by atoms with Crippen LogP contribution in [0.4, 0.5) is 0 Å². The Balaban J connectivity index is 1.58. The summed E-state index contributed by atoms with van der Waals surface area (Å²) in [5, 5.41) is 2.81. The summed E-state index contributed by atoms with van der Waals surface area (Å²) in [5.41, 5.74) is 2.03. The summed E-state index contributed by atoms with van der Waals surface area (Å²) in [7, 11) is -0.198. The summed E-state index contributed by atoms with van der Waals surface area (Å²) < 4.78 is 37.4. The van der Waals surface area contributed by atoms with Crippen LogP contribution in [-0.4, -0.2) is 51.7 Å². The van der Waals surface area contributed by atoms with Crippen LogP contribution in [0.2, 0.25) is 0 Å². The fraction of sp³-hybridized carbons (Fsp3) is 0.611. The Morgan fingerprint density at radius 1 is 1.19 bits per heavy atom. The Morgan fingerprint density at radius 2 is 1.85 bits per heavy atom. The van der Waals surface area contributed by atoms with Crippen molar-refractivity contribution in [1.82, 2.24) is 9.62 Å². The largest absolute Gasteiger partial charge is 0.493 e. The molecule has 3 rings (SSSR count). The zero-order chi connectivity index (χ0) is 18.7. The molecule has 0 unspecified atom stereocenters. The molecule has 1 aromatic carbocycles. The van der Waals surface area contributed by atoms with E-state index < -0.39 is 10.0 Å². The van der Waals surface area contributed by atoms with E-state index in [1.54, 1.807) is 14.2 Å². The first-order valence-corrected chi connectivity index (χ1v) is 10.5. The minimum absolute atomic E-state index is 0.0422. The summed E-state index contributed by atoms with van der Waals surface area (Å²) in [4.78, 5) is 11.6. The van der Waals surface area contributed by atoms with E-state index >= 15 is 0 Å². The van der Waals surface area contributed by atoms with Gasteiger partial charge in [0.25, 0.3) is 0 Å². The average molecular weight is 382 g/mol. The first kappa shape index (κ1) is 19.0. The molecule has 1 aliphatic heterocycles. The second kappa shape index (κ2) is 7.84. The lowest BCUT2D eigenvalue weighted by molar-refractivity contribution is -0.122. The summed E-state index contributed by atoms with van der Waals surface area (Å²) in [6, 6.07) is 3.78. The van der Waals surface area contributed by atoms with Gasteiger partial charge in [-0.3, -0.25) is 4.79 Å². The molecule has 1 aromatic rings. The fourth-order valence-corrected chi connectivity index (χ4v) is 4.65. The predicted octanol–water partition coefficient (Wildman–Crippen LogP) is 1.31. The SMILES string of the molecule is COc1cc2c(cc1OC)CN(S(=O)(=O)CCCNC(=O)C1CC1)CC2. The third-order valence-electron chi connectivity index (χ3n) is 4.90. The lowest BCUT2D eigenvalue weighted by Crippen LogP contribution is -2.38. The number of nitrogens with one attached hydrogen (secondary N) is 1. The lowest BCUT2D eigenvalue weighted by Gasteiger charge is -2.29. The van der Waals surface area contributed by atoms with Gasteiger partial charge >= 0.3 is 0 Å². The number of carbonyl (C=O) groups excluding carboxylic acids is 1. The van der Waals surface area contributed by atoms with Gasteiger partial charge in [-0.15, -0.1) is 0 Å². The van der Waals surface area contributed by atoms with Gasteiger partial charge in [0.1, 0.15) is 0 Å². The molecule has 2 aliphatic rings. The van der Waals surface area contributed by atoms with Crippen LogP contribution in [0.1, 0.15) is 30.4 Å². The molecule has 26 heavy (non-hydrogen) atoms. The molecule has 144 valence electrons. The van der Waals surface area contributed by atoms with Crippen molar-refractivity contribution in [1.29, 1.82) is 0 Å². The molecular weight excluding hydrogens is 356 g/mol. The highest BCUT2D eigenvalue weighted by Crippen LogP contribution is 2.34. The number of rotatable bonds is 8. The van der Waals surface area contributed by atoms with Crippen molar-refractivity contribution in [2.24, 2.45) is 5.92 Å². The molecule has 1 fully saturated rings. The number of ether oxygens (including phenoxy) is 2. The number of hydrogen-bond donors (Lipinski definition) is 1. The van der Waals surface area contributed by atoms with Gasteiger partial charge in [-0.25, -0.2) is 8.42 Å². The first-order chi connectivity index (χ1) is 12.4. The normalized spacial score (nSPS) is 17.5. The van der Waals surface area contributed by atoms with Crippen LogP contribution in [0, 0.1) is 5.92 Å². The van der Waals surface area contributed by atoms with E-state index in [1.165, 1.54) is 4.31 Å². The van der Waals surface area contributed by atoms with Crippen molar-refractivity contribution < 1.29 is 22.7 Å². The number of methoxy groups -OCH3 is 2. The van der Waals surface area contributed by atoms with Crippen LogP contribution in [0.15, 0.2) is 12.1 Å². The molecule has 0 radical (unpaired) electrons. The molecule has 7 nitrogen and oxygen atoms in total. The minimum Gasteiger partial charge on any atom is -0.493 e. The number of fused-ring (bicyclic) bond motifs is 1. The van der Waals surface area contributed by atoms with Gasteiger partial charge in [0.15, 0.2) is 11.5 Å². The van der Waals surface area contributed by atoms with Gasteiger partial charge in [-0.05, 0) is 48.9 Å². The van der Waals surface area contributed by atoms with E-state index in [0.717, 1.165) is 24.0 Å². The maximum atomic E-state index is 12.6. The van der Waals surface area contributed by atoms with Crippen molar-refractivity contribution in [3.63, 3.8) is 0 Å². The molecule has 0 bridgehead atoms. The fourth-order valence-electron chi connectivity index (χ4n) is 3.18. The van der Waals surface area contributed by atoms with E-state index in [9.17, 15) is 13.2 Å². The number of hydrogen-bond acceptors (Lipinski definition) is 5. The van der Waals surface area contributed by atoms with E-state index in [-0.39, 0.29) is 17.6 Å². The van der Waals surface area contributed by atoms with Crippen LogP contribution in [-0.2, 0) is 27.8 Å². The quantitative estimate of drug-likeness (QED) is 0.685. The monoisotopic (exact) mass is 382 g/mol. The predicted molar refractivity (Wildman–Crippen MR) is 97.8 cm³/mol. The maximum Gasteiger partial charge on any atom is 0.223 e. The summed E-state index contributed by atoms with van der Waals surface area (Å²) in [5.74, 6) is 1.51. The number of nitrogens with zero attached hydrogens (tertiary/aromatic N) is 1. The zero-order valence-corrected chi connectivity index (χ0v) is 16.1. The van der Waals surface area contributed by atoms with Gasteiger partial charge in [0.2, 0.25) is 15.9 Å². The first-order valence-electron chi connectivity index (χ1n) is 8.94. The van der Waals surface area contributed by atoms with Crippen LogP contribution in [0.3, 0.4) is 0 Å². The van der Waals surface area contributed by atoms with Crippen molar-refractivity contribution >= 4 is 15.9 Å². The number of benzene rings is 1. The Morgan fingerprint density at radius 3 is 2.46 bits per heavy atom. The Kier molecular flexibility index (Phi) is 5.72. The van der Waals surface area contributed by atoms with Gasteiger partial charge in [0, 0.05) is 25.6 Å². The van der Waals surface area contributed by atoms with E-state index in [1.807, 2.05) is 12.1 Å². The average Bonchev–Trinajstić information content (AvgIpc) is 3.48. The van der Waals surface area contributed by atoms with E-state index in [4.69, 9.17) is 9.47 Å². The highest BCUT2D eigenvalue weighted by molar-refractivity contribution is 7.89. The molecule has 0 aromatic heterocycles. The van der Waals surface area contributed by atoms with E-state index in [0.29, 0.717) is 44.0 Å². The van der Waals surface area contributed by atoms with Gasteiger partial charge in [-0.1, -0.05) is 0 Å². The number of carbonyl (C=O) groups is 1. The highest BCUT2D eigenvalue weighted by Gasteiger charge is 2.30. The van der Waals surface area contributed by atoms with Gasteiger partial charge in [0.05, 0.1) is 20.0 Å². The third-order valence-corrected chi connectivity index (χ3v) is 6.81. The van der Waals surface area contributed by atoms with Gasteiger partial charge < -0.3 is 14.8 Å². The van der Waals surface area contributed by atoms with Crippen molar-refractivity contribution in [2.75, 3.05) is 33.1 Å². The molecule has 1 saturated carbocycles. The standard InChI is InChI=1S/C18H26N2O5S/c1-24-16-10-14-6-8-20(12-15(14)11-17(16)25-2)26(22,23)9-3-7-19-18(21)13-4-5-13/h10-11,13H,3-9,12H2,1-2H3,(H,19,21). The van der Waals surface area contributed by atoms with Crippen molar-refractivity contribution in [3.05, 3.63) is 23.3 Å². The smallest absolute Gasteiger partial charge is 0.223 e. The van der Waals surface area contributed by atoms with Crippen LogP contribution >= 0.6 is 0 Å². The molecule has 8 heteroatoms. The number of amides is 1. The number of sulfonamides is 1. The molecule has 0 spiro atoms. The summed E-state index contributed by atoms with van der Waals surface area (Å²) >= 11 is 0. The second-order valence-electron chi connectivity index (χ2n) is 6.79. The van der Waals surface area contributed by atoms with E-state index in [2.05, 4.69) is 5.32 Å². The maximum absolute atomic E-state index is 12.6. The molecule has 1 heterocycles. The Hall–Kier alpha value is -1.80. The Bertz CT molecular complexity index is 774. The highest BCUT2D eigenvalue weighted by atomic mass is 32.2. The minimum atomic E-state index is -3.35. The van der Waals surface area contributed by atoms with Gasteiger partial charge in [-0.2, -0.15) is 4.31 Å². The molecule has 1 aliphatic carbocycles. The third kappa shape index (κ3) is 4.29. The zero-order valence-electron chi connectivity index (χ0n) is 15.3. The van der Waals surface area contributed by atoms with Crippen LogP contribution in [0.25, 0.3) is 0 Å². The molecule has 1 amide bonds. The topological polar surface area (TPSA) is 84.9 Å². The lowest BCUT2D eigenvalue weighted by atomic mass is 10.0. The van der Waals surface area contributed by atoms with Crippen LogP contribution in [0.5, 0.6) is 11.5 Å². The molecular formula is C18H26N2O5S. The molecule has 0 atom stereocenters.